The fourth-order valence-corrected chi connectivity index (χ4v) is 6.14. The van der Waals surface area contributed by atoms with E-state index in [1.165, 1.54) is 0 Å². The molecule has 6 heteroatoms. The van der Waals surface area contributed by atoms with Crippen molar-refractivity contribution in [1.82, 2.24) is 4.98 Å². The Balaban J connectivity index is 1.15. The third kappa shape index (κ3) is 7.04. The Morgan fingerprint density at radius 2 is 1.77 bits per heavy atom. The van der Waals surface area contributed by atoms with E-state index in [1.807, 2.05) is 42.6 Å². The number of nitrogens with one attached hydrogen (secondary N) is 1. The lowest BCUT2D eigenvalue weighted by Crippen LogP contribution is -2.25. The van der Waals surface area contributed by atoms with Crippen molar-refractivity contribution >= 4 is 17.6 Å². The number of Topliss-reactive ketones (excluding diaryl/α,β-unsaturated/α-hetero) is 2. The van der Waals surface area contributed by atoms with Crippen LogP contribution in [0.1, 0.15) is 86.1 Å². The van der Waals surface area contributed by atoms with Crippen LogP contribution in [0.25, 0.3) is 6.08 Å². The summed E-state index contributed by atoms with van der Waals surface area (Å²) in [6, 6.07) is 14.7. The van der Waals surface area contributed by atoms with Gasteiger partial charge in [0.05, 0.1) is 12.5 Å². The van der Waals surface area contributed by atoms with Crippen LogP contribution in [-0.4, -0.2) is 32.9 Å². The van der Waals surface area contributed by atoms with Gasteiger partial charge in [-0.25, -0.2) is 0 Å². The Bertz CT molecular complexity index is 1350. The van der Waals surface area contributed by atoms with E-state index < -0.39 is 0 Å². The molecule has 3 N–H and O–H groups in total. The van der Waals surface area contributed by atoms with E-state index in [-0.39, 0.29) is 53.8 Å². The summed E-state index contributed by atoms with van der Waals surface area (Å²) in [7, 11) is 0. The summed E-state index contributed by atoms with van der Waals surface area (Å²) in [6.07, 6.45) is 14.6. The molecule has 0 unspecified atom stereocenters. The van der Waals surface area contributed by atoms with Crippen molar-refractivity contribution in [3.63, 3.8) is 0 Å². The number of ether oxygens (including phenoxy) is 1. The summed E-state index contributed by atoms with van der Waals surface area (Å²) in [5, 5.41) is 19.9. The molecule has 3 aromatic rings. The molecular weight excluding hydrogens is 502 g/mol. The maximum Gasteiger partial charge on any atom is 0.161 e. The second kappa shape index (κ2) is 13.0. The van der Waals surface area contributed by atoms with Crippen molar-refractivity contribution in [2.75, 3.05) is 0 Å². The average molecular weight is 542 g/mol. The molecule has 0 saturated heterocycles. The van der Waals surface area contributed by atoms with E-state index in [0.717, 1.165) is 73.8 Å². The average Bonchev–Trinajstić information content (AvgIpc) is 3.64. The quantitative estimate of drug-likeness (QED) is 0.159. The minimum absolute atomic E-state index is 0.0259. The minimum Gasteiger partial charge on any atom is -0.508 e. The minimum atomic E-state index is -0.312. The highest BCUT2D eigenvalue weighted by molar-refractivity contribution is 6.01. The Morgan fingerprint density at radius 1 is 0.950 bits per heavy atom. The molecule has 2 atom stereocenters. The van der Waals surface area contributed by atoms with Gasteiger partial charge in [0.15, 0.2) is 11.5 Å². The van der Waals surface area contributed by atoms with Crippen LogP contribution in [0.4, 0.5) is 0 Å². The first kappa shape index (κ1) is 27.8. The lowest BCUT2D eigenvalue weighted by molar-refractivity contribution is -0.128. The first-order valence-electron chi connectivity index (χ1n) is 14.6. The van der Waals surface area contributed by atoms with Gasteiger partial charge >= 0.3 is 0 Å². The van der Waals surface area contributed by atoms with Gasteiger partial charge in [0, 0.05) is 24.2 Å². The molecule has 5 rings (SSSR count). The van der Waals surface area contributed by atoms with E-state index in [1.54, 1.807) is 18.2 Å². The van der Waals surface area contributed by atoms with Gasteiger partial charge in [-0.2, -0.15) is 0 Å². The van der Waals surface area contributed by atoms with Crippen LogP contribution in [0.2, 0.25) is 0 Å². The van der Waals surface area contributed by atoms with E-state index in [4.69, 9.17) is 4.74 Å². The molecular formula is C34H39NO5. The van der Waals surface area contributed by atoms with Crippen molar-refractivity contribution in [2.24, 2.45) is 5.92 Å². The van der Waals surface area contributed by atoms with Gasteiger partial charge in [0.1, 0.15) is 17.3 Å². The fourth-order valence-electron chi connectivity index (χ4n) is 6.14. The molecule has 1 saturated carbocycles. The number of benzene rings is 2. The number of hydrogen-bond acceptors (Lipinski definition) is 5. The number of allylic oxidation sites excluding steroid dienone is 1. The number of aromatic amines is 1. The number of phenolic OH excluding ortho intramolecular Hbond substituents is 2. The number of fused-ring (bicyclic) bond motifs is 1. The van der Waals surface area contributed by atoms with E-state index in [0.29, 0.717) is 12.2 Å². The van der Waals surface area contributed by atoms with Crippen LogP contribution in [0, 0.1) is 5.92 Å². The molecule has 6 nitrogen and oxygen atoms in total. The smallest absolute Gasteiger partial charge is 0.161 e. The predicted octanol–water partition coefficient (Wildman–Crippen LogP) is 7.05. The third-order valence-electron chi connectivity index (χ3n) is 8.31. The normalized spacial score (nSPS) is 18.5. The SMILES string of the molecule is O=C(CCc1ccc(O)c(OC2CCCC2)c1)CC(=O)[C@@H]1C=Cc2[nH]ccc2[C@H]1CCCCc1cccc(O)c1. The number of aromatic nitrogens is 1. The van der Waals surface area contributed by atoms with Crippen LogP contribution >= 0.6 is 0 Å². The topological polar surface area (TPSA) is 99.6 Å². The van der Waals surface area contributed by atoms with Gasteiger partial charge < -0.3 is 19.9 Å². The lowest BCUT2D eigenvalue weighted by Gasteiger charge is -2.27. The third-order valence-corrected chi connectivity index (χ3v) is 8.31. The Kier molecular flexibility index (Phi) is 9.04. The number of carbonyl (C=O) groups is 2. The van der Waals surface area contributed by atoms with Gasteiger partial charge in [-0.15, -0.1) is 0 Å². The number of rotatable bonds is 13. The summed E-state index contributed by atoms with van der Waals surface area (Å²) in [5.74, 6) is 0.531. The zero-order valence-electron chi connectivity index (χ0n) is 23.0. The van der Waals surface area contributed by atoms with Crippen molar-refractivity contribution in [1.29, 1.82) is 0 Å². The van der Waals surface area contributed by atoms with Crippen LogP contribution in [0.15, 0.2) is 60.8 Å². The number of unbranched alkanes of at least 4 members (excludes halogenated alkanes) is 1. The van der Waals surface area contributed by atoms with Gasteiger partial charge in [-0.3, -0.25) is 9.59 Å². The largest absolute Gasteiger partial charge is 0.508 e. The highest BCUT2D eigenvalue weighted by atomic mass is 16.5. The number of ketones is 2. The maximum atomic E-state index is 13.4. The van der Waals surface area contributed by atoms with Gasteiger partial charge in [-0.05, 0) is 110 Å². The zero-order chi connectivity index (χ0) is 27.9. The predicted molar refractivity (Wildman–Crippen MR) is 156 cm³/mol. The van der Waals surface area contributed by atoms with Crippen LogP contribution in [0.3, 0.4) is 0 Å². The first-order chi connectivity index (χ1) is 19.5. The molecule has 2 aromatic carbocycles. The second-order valence-electron chi connectivity index (χ2n) is 11.3. The van der Waals surface area contributed by atoms with Crippen LogP contribution in [-0.2, 0) is 22.4 Å². The van der Waals surface area contributed by atoms with Gasteiger partial charge in [0.25, 0.3) is 0 Å². The van der Waals surface area contributed by atoms with Crippen LogP contribution < -0.4 is 4.74 Å². The molecule has 40 heavy (non-hydrogen) atoms. The summed E-state index contributed by atoms with van der Waals surface area (Å²) in [5.41, 5.74) is 4.21. The number of carbonyl (C=O) groups excluding carboxylic acids is 2. The number of hydrogen-bond donors (Lipinski definition) is 3. The van der Waals surface area contributed by atoms with E-state index in [2.05, 4.69) is 11.1 Å². The number of H-pyrrole nitrogens is 1. The monoisotopic (exact) mass is 541 g/mol. The van der Waals surface area contributed by atoms with Crippen LogP contribution in [0.5, 0.6) is 17.2 Å². The molecule has 0 aliphatic heterocycles. The van der Waals surface area contributed by atoms with E-state index in [9.17, 15) is 19.8 Å². The molecule has 2 aliphatic carbocycles. The molecule has 0 spiro atoms. The second-order valence-corrected chi connectivity index (χ2v) is 11.3. The standard InChI is InChI=1S/C34H39NO5/c36-25-8-5-7-23(20-25)6-1-4-11-28-29-18-19-35-31(29)16-15-30(28)33(39)22-26(37)14-12-24-13-17-32(38)34(21-24)40-27-9-2-3-10-27/h5,7-8,13,15-21,27-28,30,35-36,38H,1-4,6,9-12,14,22H2/t28-,30-/m1/s1. The Hall–Kier alpha value is -3.80. The van der Waals surface area contributed by atoms with Gasteiger partial charge in [0.2, 0.25) is 0 Å². The Morgan fingerprint density at radius 3 is 2.60 bits per heavy atom. The zero-order valence-corrected chi connectivity index (χ0v) is 23.0. The molecule has 0 amide bonds. The molecule has 1 aromatic heterocycles. The first-order valence-corrected chi connectivity index (χ1v) is 14.6. The highest BCUT2D eigenvalue weighted by Crippen LogP contribution is 2.39. The lowest BCUT2D eigenvalue weighted by atomic mass is 9.75. The number of aromatic hydroxyl groups is 2. The molecule has 1 heterocycles. The van der Waals surface area contributed by atoms with Crippen molar-refractivity contribution in [2.45, 2.75) is 82.7 Å². The molecule has 2 aliphatic rings. The summed E-state index contributed by atoms with van der Waals surface area (Å²) in [6.45, 7) is 0. The summed E-state index contributed by atoms with van der Waals surface area (Å²) < 4.78 is 5.99. The van der Waals surface area contributed by atoms with Crippen molar-refractivity contribution in [3.05, 3.63) is 83.2 Å². The van der Waals surface area contributed by atoms with Gasteiger partial charge in [-0.1, -0.05) is 30.7 Å². The van der Waals surface area contributed by atoms with Crippen molar-refractivity contribution < 1.29 is 24.5 Å². The van der Waals surface area contributed by atoms with Crippen molar-refractivity contribution in [3.8, 4) is 17.2 Å². The fraction of sp³-hybridized carbons (Fsp3) is 0.412. The highest BCUT2D eigenvalue weighted by Gasteiger charge is 2.32. The molecule has 0 bridgehead atoms. The number of phenols is 2. The van der Waals surface area contributed by atoms with E-state index >= 15 is 0 Å². The summed E-state index contributed by atoms with van der Waals surface area (Å²) >= 11 is 0. The molecule has 1 fully saturated rings. The maximum absolute atomic E-state index is 13.4. The number of aryl methyl sites for hydroxylation is 2. The summed E-state index contributed by atoms with van der Waals surface area (Å²) in [4.78, 5) is 29.5. The molecule has 0 radical (unpaired) electrons. The Labute approximate surface area is 236 Å². The molecule has 210 valence electrons.